The summed E-state index contributed by atoms with van der Waals surface area (Å²) in [5, 5.41) is 6.39. The lowest BCUT2D eigenvalue weighted by Crippen LogP contribution is -2.40. The molecule has 7 heteroatoms. The molecule has 128 valence electrons. The Bertz CT molecular complexity index is 533. The van der Waals surface area contributed by atoms with Crippen LogP contribution in [0.15, 0.2) is 18.2 Å². The fraction of sp³-hybridized carbons (Fsp3) is 0.562. The molecule has 2 rings (SSSR count). The van der Waals surface area contributed by atoms with Gasteiger partial charge < -0.3 is 25.2 Å². The number of halogens is 1. The number of hydrogen-bond donors (Lipinski definition) is 2. The molecular weight excluding hydrogens is 316 g/mol. The molecule has 2 N–H and O–H groups in total. The number of carbonyl (C=O) groups excluding carboxylic acids is 1. The van der Waals surface area contributed by atoms with Crippen molar-refractivity contribution >= 4 is 29.0 Å². The van der Waals surface area contributed by atoms with Gasteiger partial charge in [-0.15, -0.1) is 0 Å². The number of ether oxygens (including phenoxy) is 1. The summed E-state index contributed by atoms with van der Waals surface area (Å²) < 4.78 is 5.38. The number of anilines is 2. The van der Waals surface area contributed by atoms with Crippen molar-refractivity contribution in [3.8, 4) is 0 Å². The van der Waals surface area contributed by atoms with E-state index in [9.17, 15) is 4.79 Å². The van der Waals surface area contributed by atoms with Gasteiger partial charge in [0.2, 0.25) is 0 Å². The maximum atomic E-state index is 12.2. The summed E-state index contributed by atoms with van der Waals surface area (Å²) in [6, 6.07) is 5.59. The number of morpholine rings is 1. The average molecular weight is 341 g/mol. The molecule has 0 spiro atoms. The molecule has 1 aromatic rings. The highest BCUT2D eigenvalue weighted by Crippen LogP contribution is 2.29. The van der Waals surface area contributed by atoms with Gasteiger partial charge in [-0.2, -0.15) is 0 Å². The highest BCUT2D eigenvalue weighted by molar-refractivity contribution is 6.31. The Morgan fingerprint density at radius 3 is 2.74 bits per heavy atom. The molecule has 1 aromatic carbocycles. The van der Waals surface area contributed by atoms with Crippen molar-refractivity contribution in [2.24, 2.45) is 0 Å². The van der Waals surface area contributed by atoms with Crippen LogP contribution in [0.4, 0.5) is 16.2 Å². The molecule has 1 heterocycles. The zero-order valence-corrected chi connectivity index (χ0v) is 14.7. The van der Waals surface area contributed by atoms with Crippen LogP contribution in [0.5, 0.6) is 0 Å². The molecule has 0 saturated carbocycles. The van der Waals surface area contributed by atoms with Gasteiger partial charge in [0, 0.05) is 30.7 Å². The number of nitrogens with one attached hydrogen (secondary N) is 2. The number of nitrogens with zero attached hydrogens (tertiary/aromatic N) is 2. The minimum atomic E-state index is -0.226. The predicted molar refractivity (Wildman–Crippen MR) is 94.7 cm³/mol. The molecule has 1 aliphatic rings. The van der Waals surface area contributed by atoms with Crippen LogP contribution in [-0.4, -0.2) is 63.9 Å². The van der Waals surface area contributed by atoms with Crippen LogP contribution in [0, 0.1) is 0 Å². The van der Waals surface area contributed by atoms with E-state index in [2.05, 4.69) is 27.4 Å². The maximum Gasteiger partial charge on any atom is 0.319 e. The fourth-order valence-corrected chi connectivity index (χ4v) is 2.45. The van der Waals surface area contributed by atoms with Crippen LogP contribution in [0.2, 0.25) is 5.02 Å². The summed E-state index contributed by atoms with van der Waals surface area (Å²) in [5.74, 6) is 0. The Morgan fingerprint density at radius 1 is 1.39 bits per heavy atom. The molecule has 0 aromatic heterocycles. The van der Waals surface area contributed by atoms with E-state index in [0.29, 0.717) is 24.8 Å². The quantitative estimate of drug-likeness (QED) is 0.863. The van der Waals surface area contributed by atoms with Crippen molar-refractivity contribution < 1.29 is 9.53 Å². The third kappa shape index (κ3) is 5.27. The number of amides is 2. The standard InChI is InChI=1S/C16H25ClN4O2/c1-12(20(2)3)11-18-16(22)19-14-10-13(17)4-5-15(14)21-6-8-23-9-7-21/h4-5,10,12H,6-9,11H2,1-3H3,(H2,18,19,22)/t12-/m0/s1. The lowest BCUT2D eigenvalue weighted by atomic mass is 10.2. The number of urea groups is 1. The lowest BCUT2D eigenvalue weighted by Gasteiger charge is -2.30. The molecule has 0 radical (unpaired) electrons. The van der Waals surface area contributed by atoms with Crippen LogP contribution in [0.3, 0.4) is 0 Å². The molecule has 1 atom stereocenters. The zero-order chi connectivity index (χ0) is 16.8. The molecule has 1 aliphatic heterocycles. The van der Waals surface area contributed by atoms with Crippen LogP contribution >= 0.6 is 11.6 Å². The molecular formula is C16H25ClN4O2. The normalized spacial score (nSPS) is 16.3. The SMILES string of the molecule is C[C@@H](CNC(=O)Nc1cc(Cl)ccc1N1CCOCC1)N(C)C. The third-order valence-corrected chi connectivity index (χ3v) is 4.23. The Balaban J connectivity index is 2.03. The van der Waals surface area contributed by atoms with Gasteiger partial charge in [-0.3, -0.25) is 0 Å². The van der Waals surface area contributed by atoms with Crippen molar-refractivity contribution in [2.75, 3.05) is 57.2 Å². The Kier molecular flexibility index (Phi) is 6.50. The van der Waals surface area contributed by atoms with Crippen LogP contribution in [0.1, 0.15) is 6.92 Å². The minimum Gasteiger partial charge on any atom is -0.378 e. The first-order valence-corrected chi connectivity index (χ1v) is 8.18. The fourth-order valence-electron chi connectivity index (χ4n) is 2.28. The van der Waals surface area contributed by atoms with Crippen molar-refractivity contribution in [2.45, 2.75) is 13.0 Å². The van der Waals surface area contributed by atoms with Gasteiger partial charge in [-0.05, 0) is 39.2 Å². The number of benzene rings is 1. The van der Waals surface area contributed by atoms with Gasteiger partial charge >= 0.3 is 6.03 Å². The van der Waals surface area contributed by atoms with Gasteiger partial charge in [0.15, 0.2) is 0 Å². The van der Waals surface area contributed by atoms with E-state index >= 15 is 0 Å². The summed E-state index contributed by atoms with van der Waals surface area (Å²) in [6.45, 7) is 5.61. The Morgan fingerprint density at radius 2 is 2.09 bits per heavy atom. The molecule has 0 unspecified atom stereocenters. The van der Waals surface area contributed by atoms with E-state index in [-0.39, 0.29) is 12.1 Å². The van der Waals surface area contributed by atoms with Crippen molar-refractivity contribution in [3.63, 3.8) is 0 Å². The molecule has 6 nitrogen and oxygen atoms in total. The Labute approximate surface area is 142 Å². The van der Waals surface area contributed by atoms with Crippen LogP contribution in [-0.2, 0) is 4.74 Å². The summed E-state index contributed by atoms with van der Waals surface area (Å²) in [7, 11) is 3.97. The first-order valence-electron chi connectivity index (χ1n) is 7.81. The maximum absolute atomic E-state index is 12.2. The third-order valence-electron chi connectivity index (χ3n) is 4.00. The highest BCUT2D eigenvalue weighted by Gasteiger charge is 2.17. The number of rotatable bonds is 5. The zero-order valence-electron chi connectivity index (χ0n) is 13.9. The number of hydrogen-bond acceptors (Lipinski definition) is 4. The van der Waals surface area contributed by atoms with Crippen molar-refractivity contribution in [1.29, 1.82) is 0 Å². The van der Waals surface area contributed by atoms with Crippen LogP contribution < -0.4 is 15.5 Å². The summed E-state index contributed by atoms with van der Waals surface area (Å²) in [4.78, 5) is 16.4. The van der Waals surface area contributed by atoms with E-state index in [4.69, 9.17) is 16.3 Å². The first kappa shape index (κ1) is 17.8. The van der Waals surface area contributed by atoms with Crippen LogP contribution in [0.25, 0.3) is 0 Å². The van der Waals surface area contributed by atoms with E-state index in [1.165, 1.54) is 0 Å². The summed E-state index contributed by atoms with van der Waals surface area (Å²) in [6.07, 6.45) is 0. The highest BCUT2D eigenvalue weighted by atomic mass is 35.5. The van der Waals surface area contributed by atoms with Gasteiger partial charge in [-0.1, -0.05) is 11.6 Å². The van der Waals surface area contributed by atoms with E-state index in [1.54, 1.807) is 6.07 Å². The molecule has 2 amide bonds. The monoisotopic (exact) mass is 340 g/mol. The second-order valence-electron chi connectivity index (χ2n) is 5.91. The lowest BCUT2D eigenvalue weighted by molar-refractivity contribution is 0.123. The van der Waals surface area contributed by atoms with Crippen molar-refractivity contribution in [3.05, 3.63) is 23.2 Å². The molecule has 1 fully saturated rings. The minimum absolute atomic E-state index is 0.226. The van der Waals surface area contributed by atoms with E-state index < -0.39 is 0 Å². The summed E-state index contributed by atoms with van der Waals surface area (Å²) in [5.41, 5.74) is 1.68. The van der Waals surface area contributed by atoms with Gasteiger partial charge in [0.1, 0.15) is 0 Å². The molecule has 0 aliphatic carbocycles. The smallest absolute Gasteiger partial charge is 0.319 e. The molecule has 1 saturated heterocycles. The van der Waals surface area contributed by atoms with Gasteiger partial charge in [-0.25, -0.2) is 4.79 Å². The van der Waals surface area contributed by atoms with E-state index in [0.717, 1.165) is 24.5 Å². The van der Waals surface area contributed by atoms with Crippen molar-refractivity contribution in [1.82, 2.24) is 10.2 Å². The Hall–Kier alpha value is -1.50. The first-order chi connectivity index (χ1) is 11.0. The number of carbonyl (C=O) groups is 1. The largest absolute Gasteiger partial charge is 0.378 e. The number of likely N-dealkylation sites (N-methyl/N-ethyl adjacent to an activating group) is 1. The topological polar surface area (TPSA) is 56.8 Å². The van der Waals surface area contributed by atoms with Gasteiger partial charge in [0.05, 0.1) is 24.6 Å². The predicted octanol–water partition coefficient (Wildman–Crippen LogP) is 2.25. The van der Waals surface area contributed by atoms with E-state index in [1.807, 2.05) is 26.2 Å². The second-order valence-corrected chi connectivity index (χ2v) is 6.34. The average Bonchev–Trinajstić information content (AvgIpc) is 2.53. The second kappa shape index (κ2) is 8.38. The summed E-state index contributed by atoms with van der Waals surface area (Å²) >= 11 is 6.09. The molecule has 23 heavy (non-hydrogen) atoms. The van der Waals surface area contributed by atoms with Gasteiger partial charge in [0.25, 0.3) is 0 Å². The molecule has 0 bridgehead atoms.